The van der Waals surface area contributed by atoms with Crippen molar-refractivity contribution < 1.29 is 0 Å². The molecule has 1 fully saturated rings. The number of rotatable bonds is 5. The highest BCUT2D eigenvalue weighted by Gasteiger charge is 2.13. The molecule has 1 heterocycles. The van der Waals surface area contributed by atoms with Crippen molar-refractivity contribution in [1.29, 1.82) is 0 Å². The summed E-state index contributed by atoms with van der Waals surface area (Å²) < 4.78 is 1.17. The minimum atomic E-state index is 0.927. The summed E-state index contributed by atoms with van der Waals surface area (Å²) in [6, 6.07) is 8.60. The van der Waals surface area contributed by atoms with E-state index >= 15 is 0 Å². The van der Waals surface area contributed by atoms with Crippen LogP contribution in [0.4, 0.5) is 0 Å². The van der Waals surface area contributed by atoms with Crippen molar-refractivity contribution in [2.75, 3.05) is 26.7 Å². The van der Waals surface area contributed by atoms with Gasteiger partial charge >= 0.3 is 0 Å². The molecule has 3 heteroatoms. The zero-order valence-corrected chi connectivity index (χ0v) is 12.7. The summed E-state index contributed by atoms with van der Waals surface area (Å²) in [6.07, 6.45) is 4.04. The lowest BCUT2D eigenvalue weighted by molar-refractivity contribution is 0.266. The van der Waals surface area contributed by atoms with Gasteiger partial charge in [-0.25, -0.2) is 0 Å². The average molecular weight is 311 g/mol. The van der Waals surface area contributed by atoms with Gasteiger partial charge in [-0.2, -0.15) is 0 Å². The van der Waals surface area contributed by atoms with E-state index in [9.17, 15) is 0 Å². The van der Waals surface area contributed by atoms with Crippen LogP contribution in [0.3, 0.4) is 0 Å². The molecule has 100 valence electrons. The van der Waals surface area contributed by atoms with Crippen LogP contribution >= 0.6 is 15.9 Å². The van der Waals surface area contributed by atoms with Gasteiger partial charge in [-0.05, 0) is 69.6 Å². The van der Waals surface area contributed by atoms with Gasteiger partial charge in [0, 0.05) is 11.0 Å². The van der Waals surface area contributed by atoms with E-state index < -0.39 is 0 Å². The predicted molar refractivity (Wildman–Crippen MR) is 80.7 cm³/mol. The maximum Gasteiger partial charge on any atom is 0.0231 e. The van der Waals surface area contributed by atoms with E-state index in [1.807, 2.05) is 0 Å². The van der Waals surface area contributed by atoms with Crippen molar-refractivity contribution in [3.8, 4) is 0 Å². The highest BCUT2D eigenvalue weighted by atomic mass is 79.9. The Kier molecular flexibility index (Phi) is 5.67. The fourth-order valence-electron chi connectivity index (χ4n) is 2.60. The molecular formula is C15H23BrN2. The van der Waals surface area contributed by atoms with Crippen LogP contribution in [-0.4, -0.2) is 31.6 Å². The first-order valence-electron chi connectivity index (χ1n) is 6.88. The topological polar surface area (TPSA) is 15.3 Å². The first-order chi connectivity index (χ1) is 8.74. The molecule has 1 aromatic rings. The molecule has 1 saturated heterocycles. The van der Waals surface area contributed by atoms with Crippen LogP contribution in [0.25, 0.3) is 0 Å². The third kappa shape index (κ3) is 4.71. The van der Waals surface area contributed by atoms with Gasteiger partial charge in [0.1, 0.15) is 0 Å². The molecule has 0 radical (unpaired) electrons. The van der Waals surface area contributed by atoms with Crippen molar-refractivity contribution >= 4 is 15.9 Å². The molecular weight excluding hydrogens is 288 g/mol. The van der Waals surface area contributed by atoms with Gasteiger partial charge in [0.25, 0.3) is 0 Å². The van der Waals surface area contributed by atoms with Gasteiger partial charge in [0.2, 0.25) is 0 Å². The molecule has 2 nitrogen and oxygen atoms in total. The molecule has 0 aliphatic carbocycles. The monoisotopic (exact) mass is 310 g/mol. The van der Waals surface area contributed by atoms with E-state index in [1.165, 1.54) is 48.9 Å². The standard InChI is InChI=1S/C15H23BrN2/c1-18(10-7-13-5-8-17-9-6-13)12-14-3-2-4-15(16)11-14/h2-4,11,13,17H,5-10,12H2,1H3. The average Bonchev–Trinajstić information content (AvgIpc) is 2.38. The van der Waals surface area contributed by atoms with Gasteiger partial charge in [0.05, 0.1) is 0 Å². The second-order valence-corrected chi connectivity index (χ2v) is 6.27. The molecule has 1 N–H and O–H groups in total. The SMILES string of the molecule is CN(CCC1CCNCC1)Cc1cccc(Br)c1. The Morgan fingerprint density at radius 1 is 1.33 bits per heavy atom. The third-order valence-corrected chi connectivity index (χ3v) is 4.21. The number of nitrogens with one attached hydrogen (secondary N) is 1. The van der Waals surface area contributed by atoms with Gasteiger partial charge in [-0.15, -0.1) is 0 Å². The minimum absolute atomic E-state index is 0.927. The van der Waals surface area contributed by atoms with Gasteiger partial charge in [0.15, 0.2) is 0 Å². The number of nitrogens with zero attached hydrogens (tertiary/aromatic N) is 1. The van der Waals surface area contributed by atoms with Crippen LogP contribution in [0.5, 0.6) is 0 Å². The van der Waals surface area contributed by atoms with Crippen LogP contribution in [0, 0.1) is 5.92 Å². The maximum atomic E-state index is 3.53. The van der Waals surface area contributed by atoms with Gasteiger partial charge in [-0.1, -0.05) is 28.1 Å². The van der Waals surface area contributed by atoms with Crippen molar-refractivity contribution in [1.82, 2.24) is 10.2 Å². The van der Waals surface area contributed by atoms with Crippen molar-refractivity contribution in [3.63, 3.8) is 0 Å². The molecule has 0 bridgehead atoms. The zero-order valence-electron chi connectivity index (χ0n) is 11.2. The Hall–Kier alpha value is -0.380. The molecule has 1 aliphatic rings. The number of halogens is 1. The van der Waals surface area contributed by atoms with Gasteiger partial charge in [-0.3, -0.25) is 0 Å². The first kappa shape index (κ1) is 14.0. The highest BCUT2D eigenvalue weighted by molar-refractivity contribution is 9.10. The minimum Gasteiger partial charge on any atom is -0.317 e. The third-order valence-electron chi connectivity index (χ3n) is 3.72. The number of hydrogen-bond acceptors (Lipinski definition) is 2. The summed E-state index contributed by atoms with van der Waals surface area (Å²) in [7, 11) is 2.22. The lowest BCUT2D eigenvalue weighted by Crippen LogP contribution is -2.30. The quantitative estimate of drug-likeness (QED) is 0.898. The normalized spacial score (nSPS) is 17.3. The van der Waals surface area contributed by atoms with Crippen molar-refractivity contribution in [2.24, 2.45) is 5.92 Å². The molecule has 1 aromatic carbocycles. The van der Waals surface area contributed by atoms with Crippen LogP contribution < -0.4 is 5.32 Å². The molecule has 18 heavy (non-hydrogen) atoms. The fourth-order valence-corrected chi connectivity index (χ4v) is 3.05. The molecule has 1 aliphatic heterocycles. The number of hydrogen-bond donors (Lipinski definition) is 1. The van der Waals surface area contributed by atoms with Crippen LogP contribution in [0.2, 0.25) is 0 Å². The van der Waals surface area contributed by atoms with E-state index in [1.54, 1.807) is 0 Å². The second-order valence-electron chi connectivity index (χ2n) is 5.35. The molecule has 2 rings (SSSR count). The second kappa shape index (κ2) is 7.27. The lowest BCUT2D eigenvalue weighted by atomic mass is 9.94. The molecule has 0 amide bonds. The van der Waals surface area contributed by atoms with Crippen LogP contribution in [0.1, 0.15) is 24.8 Å². The summed E-state index contributed by atoms with van der Waals surface area (Å²) in [5.41, 5.74) is 1.39. The van der Waals surface area contributed by atoms with Crippen LogP contribution in [-0.2, 0) is 6.54 Å². The Morgan fingerprint density at radius 3 is 2.83 bits per heavy atom. The molecule has 0 aromatic heterocycles. The molecule has 0 atom stereocenters. The Labute approximate surface area is 119 Å². The smallest absolute Gasteiger partial charge is 0.0231 e. The van der Waals surface area contributed by atoms with Gasteiger partial charge < -0.3 is 10.2 Å². The Balaban J connectivity index is 1.72. The van der Waals surface area contributed by atoms with Crippen molar-refractivity contribution in [3.05, 3.63) is 34.3 Å². The lowest BCUT2D eigenvalue weighted by Gasteiger charge is -2.25. The van der Waals surface area contributed by atoms with E-state index in [0.717, 1.165) is 12.5 Å². The summed E-state index contributed by atoms with van der Waals surface area (Å²) in [6.45, 7) is 4.67. The summed E-state index contributed by atoms with van der Waals surface area (Å²) in [4.78, 5) is 2.43. The zero-order chi connectivity index (χ0) is 12.8. The number of benzene rings is 1. The summed E-state index contributed by atoms with van der Waals surface area (Å²) in [5, 5.41) is 3.43. The predicted octanol–water partition coefficient (Wildman–Crippen LogP) is 3.27. The van der Waals surface area contributed by atoms with E-state index in [0.29, 0.717) is 0 Å². The largest absolute Gasteiger partial charge is 0.317 e. The van der Waals surface area contributed by atoms with E-state index in [-0.39, 0.29) is 0 Å². The van der Waals surface area contributed by atoms with Crippen molar-refractivity contribution in [2.45, 2.75) is 25.8 Å². The molecule has 0 saturated carbocycles. The molecule has 0 unspecified atom stereocenters. The van der Waals surface area contributed by atoms with E-state index in [4.69, 9.17) is 0 Å². The maximum absolute atomic E-state index is 3.53. The fraction of sp³-hybridized carbons (Fsp3) is 0.600. The summed E-state index contributed by atoms with van der Waals surface area (Å²) >= 11 is 3.53. The number of piperidine rings is 1. The highest BCUT2D eigenvalue weighted by Crippen LogP contribution is 2.17. The Morgan fingerprint density at radius 2 is 2.11 bits per heavy atom. The Bertz CT molecular complexity index is 361. The summed E-state index contributed by atoms with van der Waals surface area (Å²) in [5.74, 6) is 0.927. The van der Waals surface area contributed by atoms with Crippen LogP contribution in [0.15, 0.2) is 28.7 Å². The van der Waals surface area contributed by atoms with E-state index in [2.05, 4.69) is 57.5 Å². The first-order valence-corrected chi connectivity index (χ1v) is 7.67. The molecule has 0 spiro atoms.